The smallest absolute Gasteiger partial charge is 0.207 e. The highest BCUT2D eigenvalue weighted by molar-refractivity contribution is 7.89. The van der Waals surface area contributed by atoms with Gasteiger partial charge in [0.1, 0.15) is 5.82 Å². The molecule has 1 aliphatic rings. The highest BCUT2D eigenvalue weighted by Gasteiger charge is 2.31. The number of nitrogens with zero attached hydrogens (tertiary/aromatic N) is 2. The molecular weight excluding hydrogens is 279 g/mol. The molecule has 0 atom stereocenters. The summed E-state index contributed by atoms with van der Waals surface area (Å²) in [5.74, 6) is -0.501. The van der Waals surface area contributed by atoms with Gasteiger partial charge in [-0.15, -0.1) is 0 Å². The molecule has 1 heterocycles. The first kappa shape index (κ1) is 14.9. The van der Waals surface area contributed by atoms with Gasteiger partial charge in [-0.05, 0) is 49.9 Å². The molecule has 0 aromatic heterocycles. The van der Waals surface area contributed by atoms with Crippen LogP contribution >= 0.6 is 0 Å². The Hall–Kier alpha value is -1.45. The van der Waals surface area contributed by atoms with E-state index in [1.165, 1.54) is 16.4 Å². The van der Waals surface area contributed by atoms with Crippen LogP contribution in [-0.2, 0) is 10.0 Å². The van der Waals surface area contributed by atoms with Gasteiger partial charge in [0.2, 0.25) is 10.0 Å². The van der Waals surface area contributed by atoms with Gasteiger partial charge in [-0.3, -0.25) is 0 Å². The number of benzene rings is 1. The van der Waals surface area contributed by atoms with Gasteiger partial charge in [-0.1, -0.05) is 0 Å². The van der Waals surface area contributed by atoms with Crippen molar-refractivity contribution < 1.29 is 12.8 Å². The van der Waals surface area contributed by atoms with Gasteiger partial charge in [0.25, 0.3) is 0 Å². The maximum absolute atomic E-state index is 13.3. The van der Waals surface area contributed by atoms with E-state index in [0.717, 1.165) is 0 Å². The second kappa shape index (κ2) is 5.51. The van der Waals surface area contributed by atoms with Crippen LogP contribution in [0.1, 0.15) is 24.0 Å². The standard InChI is InChI=1S/C14H17FN2O2S/c1-10-7-13(15)8-11(2)14(10)20(18,19)17-5-3-12(9-16)4-6-17/h7-8,12H,3-6H2,1-2H3. The van der Waals surface area contributed by atoms with Gasteiger partial charge in [-0.2, -0.15) is 9.57 Å². The summed E-state index contributed by atoms with van der Waals surface area (Å²) in [5, 5.41) is 8.86. The molecule has 1 aromatic carbocycles. The number of sulfonamides is 1. The topological polar surface area (TPSA) is 61.2 Å². The van der Waals surface area contributed by atoms with Crippen molar-refractivity contribution >= 4 is 10.0 Å². The number of aryl methyl sites for hydroxylation is 2. The summed E-state index contributed by atoms with van der Waals surface area (Å²) in [6, 6.07) is 4.65. The van der Waals surface area contributed by atoms with E-state index < -0.39 is 15.8 Å². The molecule has 4 nitrogen and oxygen atoms in total. The van der Waals surface area contributed by atoms with Crippen molar-refractivity contribution in [2.45, 2.75) is 31.6 Å². The minimum atomic E-state index is -3.61. The van der Waals surface area contributed by atoms with E-state index in [1.807, 2.05) is 0 Å². The summed E-state index contributed by atoms with van der Waals surface area (Å²) < 4.78 is 40.0. The molecule has 0 spiro atoms. The number of piperidine rings is 1. The lowest BCUT2D eigenvalue weighted by Crippen LogP contribution is -2.38. The van der Waals surface area contributed by atoms with Crippen molar-refractivity contribution in [3.63, 3.8) is 0 Å². The normalized spacial score (nSPS) is 17.9. The second-order valence-electron chi connectivity index (χ2n) is 5.18. The van der Waals surface area contributed by atoms with Gasteiger partial charge in [0.05, 0.1) is 11.0 Å². The summed E-state index contributed by atoms with van der Waals surface area (Å²) in [4.78, 5) is 0.189. The van der Waals surface area contributed by atoms with E-state index in [2.05, 4.69) is 6.07 Å². The van der Waals surface area contributed by atoms with E-state index in [4.69, 9.17) is 5.26 Å². The van der Waals surface area contributed by atoms with E-state index in [1.54, 1.807) is 13.8 Å². The van der Waals surface area contributed by atoms with Crippen molar-refractivity contribution in [1.29, 1.82) is 5.26 Å². The minimum absolute atomic E-state index is 0.0724. The van der Waals surface area contributed by atoms with Crippen LogP contribution in [0.25, 0.3) is 0 Å². The molecule has 20 heavy (non-hydrogen) atoms. The van der Waals surface area contributed by atoms with Gasteiger partial charge >= 0.3 is 0 Å². The highest BCUT2D eigenvalue weighted by atomic mass is 32.2. The minimum Gasteiger partial charge on any atom is -0.207 e. The zero-order chi connectivity index (χ0) is 14.9. The van der Waals surface area contributed by atoms with Crippen LogP contribution in [-0.4, -0.2) is 25.8 Å². The predicted molar refractivity (Wildman–Crippen MR) is 73.0 cm³/mol. The van der Waals surface area contributed by atoms with Crippen LogP contribution in [0.2, 0.25) is 0 Å². The lowest BCUT2D eigenvalue weighted by molar-refractivity contribution is 0.309. The molecule has 0 amide bonds. The van der Waals surface area contributed by atoms with Crippen LogP contribution in [0.3, 0.4) is 0 Å². The number of nitriles is 1. The molecule has 108 valence electrons. The molecule has 0 N–H and O–H groups in total. The molecule has 6 heteroatoms. The first-order valence-electron chi connectivity index (χ1n) is 6.52. The van der Waals surface area contributed by atoms with E-state index in [9.17, 15) is 12.8 Å². The Bertz CT molecular complexity index is 633. The molecule has 0 aliphatic carbocycles. The van der Waals surface area contributed by atoms with E-state index in [0.29, 0.717) is 37.1 Å². The van der Waals surface area contributed by atoms with Crippen molar-refractivity contribution in [3.05, 3.63) is 29.1 Å². The quantitative estimate of drug-likeness (QED) is 0.841. The Morgan fingerprint density at radius 1 is 1.25 bits per heavy atom. The zero-order valence-corrected chi connectivity index (χ0v) is 12.4. The Morgan fingerprint density at radius 3 is 2.20 bits per heavy atom. The summed E-state index contributed by atoms with van der Waals surface area (Å²) in [6.07, 6.45) is 1.10. The van der Waals surface area contributed by atoms with Crippen molar-refractivity contribution in [1.82, 2.24) is 4.31 Å². The molecule has 2 rings (SSSR count). The molecule has 0 unspecified atom stereocenters. The SMILES string of the molecule is Cc1cc(F)cc(C)c1S(=O)(=O)N1CCC(C#N)CC1. The lowest BCUT2D eigenvalue weighted by atomic mass is 10.0. The van der Waals surface area contributed by atoms with Gasteiger partial charge in [-0.25, -0.2) is 12.8 Å². The highest BCUT2D eigenvalue weighted by Crippen LogP contribution is 2.28. The summed E-state index contributed by atoms with van der Waals surface area (Å²) in [7, 11) is -3.61. The molecular formula is C14H17FN2O2S. The Balaban J connectivity index is 2.35. The van der Waals surface area contributed by atoms with E-state index in [-0.39, 0.29) is 10.8 Å². The van der Waals surface area contributed by atoms with Gasteiger partial charge in [0.15, 0.2) is 0 Å². The first-order valence-corrected chi connectivity index (χ1v) is 7.97. The Morgan fingerprint density at radius 2 is 1.75 bits per heavy atom. The number of halogens is 1. The van der Waals surface area contributed by atoms with Crippen molar-refractivity contribution in [3.8, 4) is 6.07 Å². The van der Waals surface area contributed by atoms with Crippen molar-refractivity contribution in [2.75, 3.05) is 13.1 Å². The summed E-state index contributed by atoms with van der Waals surface area (Å²) in [6.45, 7) is 3.89. The summed E-state index contributed by atoms with van der Waals surface area (Å²) in [5.41, 5.74) is 0.842. The van der Waals surface area contributed by atoms with Crippen LogP contribution in [0, 0.1) is 36.9 Å². The number of hydrogen-bond acceptors (Lipinski definition) is 3. The third-order valence-electron chi connectivity index (χ3n) is 3.66. The van der Waals surface area contributed by atoms with Crippen molar-refractivity contribution in [2.24, 2.45) is 5.92 Å². The predicted octanol–water partition coefficient (Wildman–Crippen LogP) is 2.37. The van der Waals surface area contributed by atoms with Gasteiger partial charge in [0, 0.05) is 19.0 Å². The third kappa shape index (κ3) is 2.69. The third-order valence-corrected chi connectivity index (χ3v) is 5.86. The molecule has 1 aliphatic heterocycles. The zero-order valence-electron chi connectivity index (χ0n) is 11.6. The average molecular weight is 296 g/mol. The van der Waals surface area contributed by atoms with Crippen LogP contribution in [0.15, 0.2) is 17.0 Å². The lowest BCUT2D eigenvalue weighted by Gasteiger charge is -2.29. The van der Waals surface area contributed by atoms with Crippen LogP contribution in [0.5, 0.6) is 0 Å². The fraction of sp³-hybridized carbons (Fsp3) is 0.500. The second-order valence-corrected chi connectivity index (χ2v) is 7.05. The monoisotopic (exact) mass is 296 g/mol. The fourth-order valence-corrected chi connectivity index (χ4v) is 4.54. The average Bonchev–Trinajstić information content (AvgIpc) is 2.37. The van der Waals surface area contributed by atoms with Crippen LogP contribution in [0.4, 0.5) is 4.39 Å². The molecule has 0 bridgehead atoms. The molecule has 0 saturated carbocycles. The first-order chi connectivity index (χ1) is 9.36. The maximum atomic E-state index is 13.3. The van der Waals surface area contributed by atoms with E-state index >= 15 is 0 Å². The maximum Gasteiger partial charge on any atom is 0.243 e. The number of hydrogen-bond donors (Lipinski definition) is 0. The molecule has 1 fully saturated rings. The molecule has 1 aromatic rings. The summed E-state index contributed by atoms with van der Waals surface area (Å²) >= 11 is 0. The molecule has 1 saturated heterocycles. The Labute approximate surface area is 118 Å². The Kier molecular flexibility index (Phi) is 4.11. The van der Waals surface area contributed by atoms with Gasteiger partial charge < -0.3 is 0 Å². The fourth-order valence-electron chi connectivity index (χ4n) is 2.66. The van der Waals surface area contributed by atoms with Crippen LogP contribution < -0.4 is 0 Å². The number of rotatable bonds is 2. The largest absolute Gasteiger partial charge is 0.243 e. The molecule has 0 radical (unpaired) electrons.